The van der Waals surface area contributed by atoms with Gasteiger partial charge in [-0.05, 0) is 43.0 Å². The SMILES string of the molecule is CC(C)COCCOc1ncc(F)c2c(NC3CCCCC3N)c(Nc3ncccc3C(N)=O)ccc12. The summed E-state index contributed by atoms with van der Waals surface area (Å²) in [6.07, 6.45) is 6.53. The van der Waals surface area contributed by atoms with E-state index in [1.165, 1.54) is 0 Å². The Labute approximate surface area is 216 Å². The van der Waals surface area contributed by atoms with Crippen LogP contribution in [-0.4, -0.2) is 47.8 Å². The lowest BCUT2D eigenvalue weighted by Crippen LogP contribution is -2.42. The number of benzene rings is 1. The van der Waals surface area contributed by atoms with Gasteiger partial charge in [-0.3, -0.25) is 4.79 Å². The summed E-state index contributed by atoms with van der Waals surface area (Å²) in [5.74, 6) is -0.123. The summed E-state index contributed by atoms with van der Waals surface area (Å²) in [6, 6.07) is 6.59. The highest BCUT2D eigenvalue weighted by Gasteiger charge is 2.25. The summed E-state index contributed by atoms with van der Waals surface area (Å²) in [6.45, 7) is 5.46. The number of fused-ring (bicyclic) bond motifs is 1. The van der Waals surface area contributed by atoms with Gasteiger partial charge in [0.1, 0.15) is 12.4 Å². The van der Waals surface area contributed by atoms with Crippen LogP contribution in [-0.2, 0) is 4.74 Å². The second-order valence-corrected chi connectivity index (χ2v) is 9.73. The first-order valence-electron chi connectivity index (χ1n) is 12.7. The average Bonchev–Trinajstić information content (AvgIpc) is 2.87. The molecule has 1 aliphatic carbocycles. The monoisotopic (exact) mass is 510 g/mol. The predicted octanol–water partition coefficient (Wildman–Crippen LogP) is 4.34. The number of nitrogens with one attached hydrogen (secondary N) is 2. The van der Waals surface area contributed by atoms with Crippen molar-refractivity contribution in [2.24, 2.45) is 17.4 Å². The van der Waals surface area contributed by atoms with Crippen molar-refractivity contribution in [2.45, 2.75) is 51.6 Å². The lowest BCUT2D eigenvalue weighted by atomic mass is 9.90. The van der Waals surface area contributed by atoms with Crippen LogP contribution in [0.15, 0.2) is 36.7 Å². The van der Waals surface area contributed by atoms with Crippen molar-refractivity contribution >= 4 is 33.9 Å². The molecule has 4 rings (SSSR count). The standard InChI is InChI=1S/C27H35FN6O3/c1-16(2)15-36-12-13-37-27-17-9-10-22(34-26-18(25(30)35)6-5-11-31-26)24(23(17)19(28)14-32-27)33-21-8-4-3-7-20(21)29/h5-6,9-11,14,16,20-21,33H,3-4,7-8,12-13,15,29H2,1-2H3,(H2,30,35)(H,31,34). The average molecular weight is 511 g/mol. The van der Waals surface area contributed by atoms with E-state index in [-0.39, 0.29) is 30.1 Å². The Morgan fingerprint density at radius 1 is 1.19 bits per heavy atom. The Morgan fingerprint density at radius 2 is 2.00 bits per heavy atom. The molecule has 0 radical (unpaired) electrons. The molecule has 0 bridgehead atoms. The van der Waals surface area contributed by atoms with Crippen molar-refractivity contribution in [3.8, 4) is 5.88 Å². The van der Waals surface area contributed by atoms with Crippen LogP contribution in [0.2, 0.25) is 0 Å². The number of aromatic nitrogens is 2. The maximum absolute atomic E-state index is 15.4. The van der Waals surface area contributed by atoms with Crippen LogP contribution in [0.3, 0.4) is 0 Å². The molecule has 198 valence electrons. The fourth-order valence-corrected chi connectivity index (χ4v) is 4.52. The number of carbonyl (C=O) groups excluding carboxylic acids is 1. The van der Waals surface area contributed by atoms with E-state index < -0.39 is 11.7 Å². The number of rotatable bonds is 11. The van der Waals surface area contributed by atoms with E-state index in [9.17, 15) is 4.79 Å². The maximum Gasteiger partial charge on any atom is 0.252 e. The van der Waals surface area contributed by atoms with Gasteiger partial charge in [0.2, 0.25) is 5.88 Å². The molecular weight excluding hydrogens is 475 g/mol. The van der Waals surface area contributed by atoms with Crippen LogP contribution >= 0.6 is 0 Å². The van der Waals surface area contributed by atoms with Crippen LogP contribution in [0.5, 0.6) is 5.88 Å². The van der Waals surface area contributed by atoms with Crippen molar-refractivity contribution in [1.82, 2.24) is 9.97 Å². The molecule has 10 heteroatoms. The molecule has 1 aromatic carbocycles. The molecule has 2 heterocycles. The van der Waals surface area contributed by atoms with Gasteiger partial charge in [-0.15, -0.1) is 0 Å². The van der Waals surface area contributed by atoms with E-state index in [2.05, 4.69) is 34.4 Å². The molecule has 0 aliphatic heterocycles. The van der Waals surface area contributed by atoms with E-state index in [0.717, 1.165) is 31.9 Å². The third kappa shape index (κ3) is 6.44. The topological polar surface area (TPSA) is 137 Å². The molecule has 1 aliphatic rings. The molecule has 1 amide bonds. The van der Waals surface area contributed by atoms with E-state index in [0.29, 0.717) is 47.2 Å². The Balaban J connectivity index is 1.73. The fraction of sp³-hybridized carbons (Fsp3) is 0.444. The maximum atomic E-state index is 15.4. The van der Waals surface area contributed by atoms with Crippen molar-refractivity contribution in [3.63, 3.8) is 0 Å². The highest BCUT2D eigenvalue weighted by atomic mass is 19.1. The number of amides is 1. The molecule has 2 unspecified atom stereocenters. The van der Waals surface area contributed by atoms with Crippen molar-refractivity contribution < 1.29 is 18.7 Å². The van der Waals surface area contributed by atoms with Gasteiger partial charge in [0.25, 0.3) is 5.91 Å². The lowest BCUT2D eigenvalue weighted by Gasteiger charge is -2.31. The quantitative estimate of drug-likeness (QED) is 0.280. The number of carbonyl (C=O) groups is 1. The van der Waals surface area contributed by atoms with E-state index in [1.807, 2.05) is 0 Å². The molecule has 9 nitrogen and oxygen atoms in total. The van der Waals surface area contributed by atoms with E-state index in [4.69, 9.17) is 20.9 Å². The third-order valence-electron chi connectivity index (χ3n) is 6.36. The van der Waals surface area contributed by atoms with Crippen molar-refractivity contribution in [2.75, 3.05) is 30.5 Å². The highest BCUT2D eigenvalue weighted by molar-refractivity contribution is 6.04. The number of primary amides is 1. The highest BCUT2D eigenvalue weighted by Crippen LogP contribution is 2.39. The van der Waals surface area contributed by atoms with E-state index >= 15 is 4.39 Å². The summed E-state index contributed by atoms with van der Waals surface area (Å²) < 4.78 is 26.9. The molecule has 37 heavy (non-hydrogen) atoms. The number of nitrogens with two attached hydrogens (primary N) is 2. The number of hydrogen-bond acceptors (Lipinski definition) is 8. The Kier molecular flexibility index (Phi) is 8.73. The van der Waals surface area contributed by atoms with Crippen molar-refractivity contribution in [3.05, 3.63) is 48.0 Å². The van der Waals surface area contributed by atoms with Crippen LogP contribution in [0.1, 0.15) is 49.9 Å². The predicted molar refractivity (Wildman–Crippen MR) is 143 cm³/mol. The zero-order valence-electron chi connectivity index (χ0n) is 21.3. The Bertz CT molecular complexity index is 1240. The summed E-state index contributed by atoms with van der Waals surface area (Å²) >= 11 is 0. The normalized spacial score (nSPS) is 17.6. The Morgan fingerprint density at radius 3 is 2.76 bits per heavy atom. The molecule has 1 fully saturated rings. The van der Waals surface area contributed by atoms with E-state index in [1.54, 1.807) is 30.5 Å². The number of nitrogens with zero attached hydrogens (tertiary/aromatic N) is 2. The van der Waals surface area contributed by atoms with Crippen LogP contribution in [0, 0.1) is 11.7 Å². The molecule has 1 saturated carbocycles. The van der Waals surface area contributed by atoms with Gasteiger partial charge in [-0.1, -0.05) is 26.7 Å². The number of ether oxygens (including phenoxy) is 2. The fourth-order valence-electron chi connectivity index (χ4n) is 4.52. The zero-order chi connectivity index (χ0) is 26.4. The summed E-state index contributed by atoms with van der Waals surface area (Å²) in [4.78, 5) is 20.4. The number of pyridine rings is 2. The molecule has 2 aromatic heterocycles. The van der Waals surface area contributed by atoms with Gasteiger partial charge in [0.05, 0.1) is 29.7 Å². The summed E-state index contributed by atoms with van der Waals surface area (Å²) in [5.41, 5.74) is 13.2. The van der Waals surface area contributed by atoms with Gasteiger partial charge >= 0.3 is 0 Å². The first-order chi connectivity index (χ1) is 17.8. The second-order valence-electron chi connectivity index (χ2n) is 9.73. The lowest BCUT2D eigenvalue weighted by molar-refractivity contribution is 0.0811. The number of hydrogen-bond donors (Lipinski definition) is 4. The summed E-state index contributed by atoms with van der Waals surface area (Å²) in [5, 5.41) is 7.49. The molecular formula is C27H35FN6O3. The molecule has 0 spiro atoms. The van der Waals surface area contributed by atoms with Gasteiger partial charge in [-0.25, -0.2) is 14.4 Å². The van der Waals surface area contributed by atoms with Gasteiger partial charge in [0, 0.05) is 35.7 Å². The Hall–Kier alpha value is -3.50. The van der Waals surface area contributed by atoms with Crippen molar-refractivity contribution in [1.29, 1.82) is 0 Å². The third-order valence-corrected chi connectivity index (χ3v) is 6.36. The zero-order valence-corrected chi connectivity index (χ0v) is 21.3. The van der Waals surface area contributed by atoms with Gasteiger partial charge in [0.15, 0.2) is 5.82 Å². The van der Waals surface area contributed by atoms with Gasteiger partial charge < -0.3 is 31.6 Å². The van der Waals surface area contributed by atoms with Crippen LogP contribution < -0.4 is 26.8 Å². The largest absolute Gasteiger partial charge is 0.475 e. The summed E-state index contributed by atoms with van der Waals surface area (Å²) in [7, 11) is 0. The second kappa shape index (κ2) is 12.2. The van der Waals surface area contributed by atoms with Crippen LogP contribution in [0.25, 0.3) is 10.8 Å². The molecule has 2 atom stereocenters. The molecule has 6 N–H and O–H groups in total. The molecule has 3 aromatic rings. The smallest absolute Gasteiger partial charge is 0.252 e. The minimum absolute atomic E-state index is 0.0550. The minimum atomic E-state index is -0.619. The first-order valence-corrected chi connectivity index (χ1v) is 12.7. The number of anilines is 3. The minimum Gasteiger partial charge on any atom is -0.475 e. The molecule has 0 saturated heterocycles. The first kappa shape index (κ1) is 26.6. The van der Waals surface area contributed by atoms with Gasteiger partial charge in [-0.2, -0.15) is 0 Å². The van der Waals surface area contributed by atoms with Crippen LogP contribution in [0.4, 0.5) is 21.6 Å². The number of halogens is 1.